The molecule has 2 aromatic heterocycles. The van der Waals surface area contributed by atoms with Crippen LogP contribution in [-0.4, -0.2) is 41.4 Å². The second-order valence-corrected chi connectivity index (χ2v) is 5.72. The molecule has 0 bridgehead atoms. The van der Waals surface area contributed by atoms with Gasteiger partial charge in [0.2, 0.25) is 5.88 Å². The van der Waals surface area contributed by atoms with Crippen LogP contribution in [0.25, 0.3) is 22.7 Å². The second kappa shape index (κ2) is 8.94. The van der Waals surface area contributed by atoms with Crippen molar-refractivity contribution >= 4 is 6.02 Å². The van der Waals surface area contributed by atoms with Crippen LogP contribution in [0.15, 0.2) is 46.2 Å². The first-order valence-corrected chi connectivity index (χ1v) is 8.66. The lowest BCUT2D eigenvalue weighted by Gasteiger charge is -2.06. The van der Waals surface area contributed by atoms with Gasteiger partial charge < -0.3 is 19.7 Å². The Labute approximate surface area is 161 Å². The first kappa shape index (κ1) is 19.3. The molecule has 1 aromatic carbocycles. The van der Waals surface area contributed by atoms with E-state index in [9.17, 15) is 4.39 Å². The lowest BCUT2D eigenvalue weighted by Crippen LogP contribution is -2.17. The van der Waals surface area contributed by atoms with Crippen molar-refractivity contribution in [3.63, 3.8) is 0 Å². The van der Waals surface area contributed by atoms with E-state index in [1.165, 1.54) is 19.3 Å². The van der Waals surface area contributed by atoms with Crippen molar-refractivity contribution in [3.8, 4) is 28.6 Å². The van der Waals surface area contributed by atoms with Crippen molar-refractivity contribution < 1.29 is 18.4 Å². The van der Waals surface area contributed by atoms with Gasteiger partial charge in [-0.2, -0.15) is 0 Å². The Bertz CT molecular complexity index is 956. The molecule has 8 nitrogen and oxygen atoms in total. The first-order valence-electron chi connectivity index (χ1n) is 8.66. The maximum Gasteiger partial charge on any atom is 0.281 e. The van der Waals surface area contributed by atoms with E-state index in [2.05, 4.69) is 20.1 Å². The minimum Gasteiger partial charge on any atom is -0.477 e. The average molecular weight is 385 g/mol. The fourth-order valence-electron chi connectivity index (χ4n) is 2.45. The Morgan fingerprint density at radius 2 is 2.07 bits per heavy atom. The number of aliphatic imine (C=N–C) groups is 1. The molecule has 146 valence electrons. The van der Waals surface area contributed by atoms with E-state index in [1.807, 2.05) is 6.92 Å². The molecule has 0 atom stereocenters. The van der Waals surface area contributed by atoms with Crippen molar-refractivity contribution in [2.45, 2.75) is 13.3 Å². The molecule has 3 rings (SSSR count). The summed E-state index contributed by atoms with van der Waals surface area (Å²) in [6.45, 7) is 2.60. The van der Waals surface area contributed by atoms with E-state index in [1.54, 1.807) is 24.4 Å². The average Bonchev–Trinajstić information content (AvgIpc) is 3.20. The molecule has 0 unspecified atom stereocenters. The highest BCUT2D eigenvalue weighted by Crippen LogP contribution is 2.27. The highest BCUT2D eigenvalue weighted by atomic mass is 19.1. The van der Waals surface area contributed by atoms with Gasteiger partial charge in [0.25, 0.3) is 6.02 Å². The fourth-order valence-corrected chi connectivity index (χ4v) is 2.45. The summed E-state index contributed by atoms with van der Waals surface area (Å²) in [5, 5.41) is 4.02. The zero-order valence-electron chi connectivity index (χ0n) is 15.6. The maximum absolute atomic E-state index is 14.1. The van der Waals surface area contributed by atoms with Gasteiger partial charge in [-0.25, -0.2) is 19.4 Å². The molecule has 0 spiro atoms. The van der Waals surface area contributed by atoms with Crippen LogP contribution in [0.4, 0.5) is 4.39 Å². The van der Waals surface area contributed by atoms with E-state index >= 15 is 0 Å². The molecule has 2 heterocycles. The van der Waals surface area contributed by atoms with E-state index < -0.39 is 0 Å². The van der Waals surface area contributed by atoms with Crippen LogP contribution < -0.4 is 10.5 Å². The second-order valence-electron chi connectivity index (χ2n) is 5.72. The van der Waals surface area contributed by atoms with Crippen LogP contribution in [-0.2, 0) is 11.2 Å². The minimum absolute atomic E-state index is 0.0629. The zero-order valence-corrected chi connectivity index (χ0v) is 15.6. The van der Waals surface area contributed by atoms with E-state index in [0.29, 0.717) is 47.2 Å². The molecule has 0 aliphatic heterocycles. The highest BCUT2D eigenvalue weighted by molar-refractivity contribution is 5.71. The number of hydrogen-bond donors (Lipinski definition) is 1. The fraction of sp³-hybridized carbons (Fsp3) is 0.263. The van der Waals surface area contributed by atoms with Crippen molar-refractivity contribution in [1.82, 2.24) is 15.1 Å². The number of nitrogens with two attached hydrogens (primary N) is 1. The lowest BCUT2D eigenvalue weighted by molar-refractivity contribution is 0.301. The van der Waals surface area contributed by atoms with Gasteiger partial charge in [0, 0.05) is 25.1 Å². The third kappa shape index (κ3) is 4.61. The van der Waals surface area contributed by atoms with E-state index in [4.69, 9.17) is 19.7 Å². The number of hydrogen-bond acceptors (Lipinski definition) is 7. The Kier molecular flexibility index (Phi) is 6.15. The number of halogens is 1. The van der Waals surface area contributed by atoms with Crippen LogP contribution in [0.3, 0.4) is 0 Å². The predicted octanol–water partition coefficient (Wildman–Crippen LogP) is 2.84. The molecule has 0 amide bonds. The predicted molar refractivity (Wildman–Crippen MR) is 101 cm³/mol. The van der Waals surface area contributed by atoms with Gasteiger partial charge >= 0.3 is 0 Å². The molecule has 0 saturated heterocycles. The maximum atomic E-state index is 14.1. The van der Waals surface area contributed by atoms with Crippen LogP contribution in [0.5, 0.6) is 5.88 Å². The Morgan fingerprint density at radius 1 is 1.21 bits per heavy atom. The van der Waals surface area contributed by atoms with Gasteiger partial charge in [-0.1, -0.05) is 5.16 Å². The standard InChI is InChI=1S/C19H20FN5O3/c1-3-26-18-11-23-16(10-24-18)15-9-17(28-25-15)13-4-5-14(20)12(8-13)6-7-27-19(21)22-2/h4-5,8-11H,3,6-7H2,1-2H3,(H2,21,22). The summed E-state index contributed by atoms with van der Waals surface area (Å²) in [7, 11) is 1.52. The third-order valence-electron chi connectivity index (χ3n) is 3.86. The highest BCUT2D eigenvalue weighted by Gasteiger charge is 2.13. The molecule has 0 fully saturated rings. The molecular weight excluding hydrogens is 365 g/mol. The molecule has 0 saturated carbocycles. The van der Waals surface area contributed by atoms with Gasteiger partial charge in [0.05, 0.1) is 25.6 Å². The Morgan fingerprint density at radius 3 is 2.79 bits per heavy atom. The summed E-state index contributed by atoms with van der Waals surface area (Å²) in [5.41, 5.74) is 7.70. The van der Waals surface area contributed by atoms with Crippen LogP contribution in [0.1, 0.15) is 12.5 Å². The van der Waals surface area contributed by atoms with Gasteiger partial charge in [-0.15, -0.1) is 0 Å². The Hall–Kier alpha value is -3.49. The zero-order chi connectivity index (χ0) is 19.9. The summed E-state index contributed by atoms with van der Waals surface area (Å²) in [5.74, 6) is 0.591. The summed E-state index contributed by atoms with van der Waals surface area (Å²) in [6, 6.07) is 6.47. The van der Waals surface area contributed by atoms with Crippen molar-refractivity contribution in [2.75, 3.05) is 20.3 Å². The number of aromatic nitrogens is 3. The van der Waals surface area contributed by atoms with E-state index in [0.717, 1.165) is 0 Å². The van der Waals surface area contributed by atoms with Gasteiger partial charge in [0.1, 0.15) is 17.2 Å². The van der Waals surface area contributed by atoms with Gasteiger partial charge in [0.15, 0.2) is 5.76 Å². The van der Waals surface area contributed by atoms with Crippen molar-refractivity contribution in [3.05, 3.63) is 48.0 Å². The first-order chi connectivity index (χ1) is 13.6. The SMILES string of the molecule is CCOc1cnc(-c2cc(-c3ccc(F)c(CCOC(N)=NC)c3)on2)cn1. The van der Waals surface area contributed by atoms with Gasteiger partial charge in [-0.3, -0.25) is 0 Å². The summed E-state index contributed by atoms with van der Waals surface area (Å²) in [6.07, 6.45) is 3.41. The van der Waals surface area contributed by atoms with Gasteiger partial charge in [-0.05, 0) is 30.7 Å². The van der Waals surface area contributed by atoms with Crippen LogP contribution in [0, 0.1) is 5.82 Å². The number of amidine groups is 1. The number of rotatable bonds is 7. The topological polar surface area (TPSA) is 109 Å². The number of ether oxygens (including phenoxy) is 2. The number of benzene rings is 1. The third-order valence-corrected chi connectivity index (χ3v) is 3.86. The Balaban J connectivity index is 1.76. The largest absolute Gasteiger partial charge is 0.477 e. The monoisotopic (exact) mass is 385 g/mol. The van der Waals surface area contributed by atoms with E-state index in [-0.39, 0.29) is 18.4 Å². The number of nitrogens with zero attached hydrogens (tertiary/aromatic N) is 4. The van der Waals surface area contributed by atoms with Crippen LogP contribution >= 0.6 is 0 Å². The molecule has 0 aliphatic carbocycles. The summed E-state index contributed by atoms with van der Waals surface area (Å²) < 4.78 is 29.9. The molecule has 9 heteroatoms. The smallest absolute Gasteiger partial charge is 0.281 e. The normalized spacial score (nSPS) is 11.5. The summed E-state index contributed by atoms with van der Waals surface area (Å²) in [4.78, 5) is 12.1. The van der Waals surface area contributed by atoms with Crippen molar-refractivity contribution in [1.29, 1.82) is 0 Å². The minimum atomic E-state index is -0.337. The molecular formula is C19H20FN5O3. The quantitative estimate of drug-likeness (QED) is 0.492. The molecule has 28 heavy (non-hydrogen) atoms. The molecule has 3 aromatic rings. The molecule has 2 N–H and O–H groups in total. The van der Waals surface area contributed by atoms with Crippen molar-refractivity contribution in [2.24, 2.45) is 10.7 Å². The summed E-state index contributed by atoms with van der Waals surface area (Å²) >= 11 is 0. The van der Waals surface area contributed by atoms with Crippen LogP contribution in [0.2, 0.25) is 0 Å². The lowest BCUT2D eigenvalue weighted by atomic mass is 10.1. The molecule has 0 aliphatic rings. The molecule has 0 radical (unpaired) electrons.